The van der Waals surface area contributed by atoms with Crippen LogP contribution in [0.1, 0.15) is 31.4 Å². The van der Waals surface area contributed by atoms with Crippen molar-refractivity contribution in [3.05, 3.63) is 71.5 Å². The average molecular weight is 370 g/mol. The van der Waals surface area contributed by atoms with Gasteiger partial charge in [-0.15, -0.1) is 0 Å². The molecule has 0 saturated heterocycles. The zero-order chi connectivity index (χ0) is 19.6. The van der Waals surface area contributed by atoms with Crippen LogP contribution >= 0.6 is 0 Å². The Morgan fingerprint density at radius 1 is 1.07 bits per heavy atom. The molecule has 0 radical (unpaired) electrons. The van der Waals surface area contributed by atoms with E-state index in [0.29, 0.717) is 25.1 Å². The summed E-state index contributed by atoms with van der Waals surface area (Å²) in [5.41, 5.74) is 1.43. The molecule has 0 aliphatic rings. The van der Waals surface area contributed by atoms with Crippen molar-refractivity contribution >= 4 is 11.8 Å². The predicted octanol–water partition coefficient (Wildman–Crippen LogP) is 3.35. The first kappa shape index (κ1) is 20.6. The summed E-state index contributed by atoms with van der Waals surface area (Å²) >= 11 is 0. The van der Waals surface area contributed by atoms with Crippen molar-refractivity contribution < 1.29 is 14.0 Å². The van der Waals surface area contributed by atoms with Gasteiger partial charge in [0.15, 0.2) is 0 Å². The molecule has 0 heterocycles. The SMILES string of the molecule is CCCNC(=O)[C@@H](C)N(CCc1ccccc1)C(=O)Cc1ccccc1F. The number of hydrogen-bond donors (Lipinski definition) is 1. The molecule has 0 saturated carbocycles. The smallest absolute Gasteiger partial charge is 0.242 e. The lowest BCUT2D eigenvalue weighted by atomic mass is 10.1. The minimum atomic E-state index is -0.612. The maximum Gasteiger partial charge on any atom is 0.242 e. The number of rotatable bonds is 9. The summed E-state index contributed by atoms with van der Waals surface area (Å²) in [7, 11) is 0. The molecule has 0 unspecified atom stereocenters. The number of amides is 2. The second-order valence-electron chi connectivity index (χ2n) is 6.56. The third kappa shape index (κ3) is 6.20. The van der Waals surface area contributed by atoms with Crippen molar-refractivity contribution in [3.63, 3.8) is 0 Å². The molecule has 1 atom stereocenters. The van der Waals surface area contributed by atoms with Gasteiger partial charge in [-0.25, -0.2) is 4.39 Å². The van der Waals surface area contributed by atoms with Crippen LogP contribution in [0.25, 0.3) is 0 Å². The molecule has 0 aromatic heterocycles. The van der Waals surface area contributed by atoms with Crippen molar-refractivity contribution in [3.8, 4) is 0 Å². The number of carbonyl (C=O) groups excluding carboxylic acids is 2. The van der Waals surface area contributed by atoms with Crippen molar-refractivity contribution in [1.29, 1.82) is 0 Å². The largest absolute Gasteiger partial charge is 0.354 e. The van der Waals surface area contributed by atoms with Gasteiger partial charge in [-0.2, -0.15) is 0 Å². The van der Waals surface area contributed by atoms with E-state index < -0.39 is 11.9 Å². The van der Waals surface area contributed by atoms with Crippen LogP contribution in [0, 0.1) is 5.82 Å². The van der Waals surface area contributed by atoms with Crippen molar-refractivity contribution in [2.24, 2.45) is 0 Å². The zero-order valence-electron chi connectivity index (χ0n) is 16.0. The van der Waals surface area contributed by atoms with Crippen LogP contribution in [0.5, 0.6) is 0 Å². The Hall–Kier alpha value is -2.69. The molecule has 144 valence electrons. The number of halogens is 1. The highest BCUT2D eigenvalue weighted by Gasteiger charge is 2.26. The maximum absolute atomic E-state index is 13.9. The van der Waals surface area contributed by atoms with Crippen LogP contribution in [0.3, 0.4) is 0 Å². The van der Waals surface area contributed by atoms with Crippen LogP contribution < -0.4 is 5.32 Å². The van der Waals surface area contributed by atoms with E-state index in [9.17, 15) is 14.0 Å². The third-order valence-electron chi connectivity index (χ3n) is 4.50. The van der Waals surface area contributed by atoms with Gasteiger partial charge in [-0.05, 0) is 37.0 Å². The van der Waals surface area contributed by atoms with Gasteiger partial charge in [0, 0.05) is 13.1 Å². The number of nitrogens with zero attached hydrogens (tertiary/aromatic N) is 1. The van der Waals surface area contributed by atoms with Crippen LogP contribution in [0.4, 0.5) is 4.39 Å². The molecule has 27 heavy (non-hydrogen) atoms. The number of nitrogens with one attached hydrogen (secondary N) is 1. The van der Waals surface area contributed by atoms with Crippen molar-refractivity contribution in [2.45, 2.75) is 39.2 Å². The summed E-state index contributed by atoms with van der Waals surface area (Å²) in [5, 5.41) is 2.83. The Morgan fingerprint density at radius 2 is 1.74 bits per heavy atom. The van der Waals surface area contributed by atoms with Crippen molar-refractivity contribution in [2.75, 3.05) is 13.1 Å². The van der Waals surface area contributed by atoms with E-state index in [-0.39, 0.29) is 18.2 Å². The first-order valence-corrected chi connectivity index (χ1v) is 9.37. The topological polar surface area (TPSA) is 49.4 Å². The number of benzene rings is 2. The molecule has 4 nitrogen and oxygen atoms in total. The van der Waals surface area contributed by atoms with E-state index >= 15 is 0 Å². The van der Waals surface area contributed by atoms with Crippen LogP contribution in [-0.2, 0) is 22.4 Å². The minimum absolute atomic E-state index is 0.0626. The first-order valence-electron chi connectivity index (χ1n) is 9.37. The lowest BCUT2D eigenvalue weighted by molar-refractivity contribution is -0.139. The second kappa shape index (κ2) is 10.5. The number of carbonyl (C=O) groups is 2. The lowest BCUT2D eigenvalue weighted by Crippen LogP contribution is -2.49. The predicted molar refractivity (Wildman–Crippen MR) is 105 cm³/mol. The molecule has 5 heteroatoms. The van der Waals surface area contributed by atoms with Gasteiger partial charge in [-0.3, -0.25) is 9.59 Å². The van der Waals surface area contributed by atoms with E-state index in [4.69, 9.17) is 0 Å². The molecule has 2 aromatic rings. The van der Waals surface area contributed by atoms with Crippen LogP contribution in [0.2, 0.25) is 0 Å². The Morgan fingerprint density at radius 3 is 2.41 bits per heavy atom. The third-order valence-corrected chi connectivity index (χ3v) is 4.50. The molecule has 1 N–H and O–H groups in total. The van der Waals surface area contributed by atoms with Gasteiger partial charge in [0.1, 0.15) is 11.9 Å². The number of hydrogen-bond acceptors (Lipinski definition) is 2. The van der Waals surface area contributed by atoms with Crippen LogP contribution in [0.15, 0.2) is 54.6 Å². The van der Waals surface area contributed by atoms with Gasteiger partial charge in [0.25, 0.3) is 0 Å². The summed E-state index contributed by atoms with van der Waals surface area (Å²) in [6.45, 7) is 4.66. The van der Waals surface area contributed by atoms with Crippen LogP contribution in [-0.4, -0.2) is 35.8 Å². The molecule has 2 amide bonds. The highest BCUT2D eigenvalue weighted by Crippen LogP contribution is 2.12. The normalized spacial score (nSPS) is 11.7. The van der Waals surface area contributed by atoms with E-state index in [0.717, 1.165) is 12.0 Å². The molecule has 2 aromatic carbocycles. The van der Waals surface area contributed by atoms with Gasteiger partial charge in [-0.1, -0.05) is 55.5 Å². The van der Waals surface area contributed by atoms with Gasteiger partial charge in [0.05, 0.1) is 6.42 Å². The zero-order valence-corrected chi connectivity index (χ0v) is 16.0. The van der Waals surface area contributed by atoms with Gasteiger partial charge in [0.2, 0.25) is 11.8 Å². The average Bonchev–Trinajstić information content (AvgIpc) is 2.68. The monoisotopic (exact) mass is 370 g/mol. The van der Waals surface area contributed by atoms with Gasteiger partial charge < -0.3 is 10.2 Å². The molecule has 0 spiro atoms. The van der Waals surface area contributed by atoms with E-state index in [1.54, 1.807) is 30.0 Å². The van der Waals surface area contributed by atoms with E-state index in [1.807, 2.05) is 37.3 Å². The Kier molecular flexibility index (Phi) is 7.99. The summed E-state index contributed by atoms with van der Waals surface area (Å²) in [6.07, 6.45) is 1.40. The molecule has 2 rings (SSSR count). The molecule has 0 aliphatic carbocycles. The molecule has 0 bridgehead atoms. The fourth-order valence-electron chi connectivity index (χ4n) is 2.87. The summed E-state index contributed by atoms with van der Waals surface area (Å²) in [6, 6.07) is 15.4. The second-order valence-corrected chi connectivity index (χ2v) is 6.56. The fraction of sp³-hybridized carbons (Fsp3) is 0.364. The van der Waals surface area contributed by atoms with E-state index in [2.05, 4.69) is 5.32 Å². The summed E-state index contributed by atoms with van der Waals surface area (Å²) in [5.74, 6) is -0.848. The Bertz CT molecular complexity index is 749. The molecular formula is C22H27FN2O2. The Labute approximate surface area is 160 Å². The fourth-order valence-corrected chi connectivity index (χ4v) is 2.87. The molecule has 0 fully saturated rings. The lowest BCUT2D eigenvalue weighted by Gasteiger charge is -2.29. The maximum atomic E-state index is 13.9. The highest BCUT2D eigenvalue weighted by molar-refractivity contribution is 5.88. The van der Waals surface area contributed by atoms with E-state index in [1.165, 1.54) is 6.07 Å². The minimum Gasteiger partial charge on any atom is -0.354 e. The van der Waals surface area contributed by atoms with Crippen molar-refractivity contribution in [1.82, 2.24) is 10.2 Å². The highest BCUT2D eigenvalue weighted by atomic mass is 19.1. The first-order chi connectivity index (χ1) is 13.0. The van der Waals surface area contributed by atoms with Gasteiger partial charge >= 0.3 is 0 Å². The summed E-state index contributed by atoms with van der Waals surface area (Å²) < 4.78 is 13.9. The molecular weight excluding hydrogens is 343 g/mol. The quantitative estimate of drug-likeness (QED) is 0.736. The molecule has 0 aliphatic heterocycles. The standard InChI is InChI=1S/C22H27FN2O2/c1-3-14-24-22(27)17(2)25(15-13-18-9-5-4-6-10-18)21(26)16-19-11-7-8-12-20(19)23/h4-12,17H,3,13-16H2,1-2H3,(H,24,27)/t17-/m1/s1. The summed E-state index contributed by atoms with van der Waals surface area (Å²) in [4.78, 5) is 26.8. The Balaban J connectivity index is 2.13.